The molecule has 1 saturated heterocycles. The third-order valence-electron chi connectivity index (χ3n) is 5.78. The molecule has 2 aromatic carbocycles. The second-order valence-electron chi connectivity index (χ2n) is 8.23. The molecule has 0 aliphatic carbocycles. The van der Waals surface area contributed by atoms with Gasteiger partial charge in [0, 0.05) is 18.8 Å². The highest BCUT2D eigenvalue weighted by molar-refractivity contribution is 6.65. The van der Waals surface area contributed by atoms with E-state index in [2.05, 4.69) is 70.0 Å². The third-order valence-corrected chi connectivity index (χ3v) is 5.78. The molecule has 5 heteroatoms. The number of hydrogen-bond donors (Lipinski definition) is 0. The maximum absolute atomic E-state index is 6.28. The number of hydrogen-bond acceptors (Lipinski definition) is 3. The van der Waals surface area contributed by atoms with Gasteiger partial charge in [-0.25, -0.2) is 0 Å². The minimum absolute atomic E-state index is 0.343. The van der Waals surface area contributed by atoms with Gasteiger partial charge in [-0.2, -0.15) is 5.10 Å². The largest absolute Gasteiger partial charge is 0.495 e. The summed E-state index contributed by atoms with van der Waals surface area (Å²) in [5, 5.41) is 6.66. The van der Waals surface area contributed by atoms with Gasteiger partial charge in [0.05, 0.1) is 17.4 Å². The molecule has 0 unspecified atom stereocenters. The summed E-state index contributed by atoms with van der Waals surface area (Å²) in [7, 11) is 1.59. The minimum Gasteiger partial charge on any atom is -0.399 e. The molecular weight excluding hydrogens is 323 g/mol. The molecule has 4 rings (SSSR count). The van der Waals surface area contributed by atoms with Gasteiger partial charge in [-0.15, -0.1) is 0 Å². The van der Waals surface area contributed by atoms with Crippen molar-refractivity contribution in [1.82, 2.24) is 9.78 Å². The van der Waals surface area contributed by atoms with E-state index >= 15 is 0 Å². The first-order chi connectivity index (χ1) is 12.2. The third kappa shape index (κ3) is 2.66. The second-order valence-corrected chi connectivity index (χ2v) is 8.23. The lowest BCUT2D eigenvalue weighted by molar-refractivity contribution is 0.00578. The molecule has 0 amide bonds. The molecule has 0 atom stereocenters. The van der Waals surface area contributed by atoms with Crippen molar-refractivity contribution in [3.8, 4) is 11.1 Å². The van der Waals surface area contributed by atoms with Crippen molar-refractivity contribution >= 4 is 23.4 Å². The summed E-state index contributed by atoms with van der Waals surface area (Å²) in [4.78, 5) is 0. The van der Waals surface area contributed by atoms with Crippen LogP contribution in [0.4, 0.5) is 0 Å². The highest BCUT2D eigenvalue weighted by atomic mass is 16.7. The monoisotopic (exact) mass is 348 g/mol. The normalized spacial score (nSPS) is 18.6. The van der Waals surface area contributed by atoms with Gasteiger partial charge in [-0.3, -0.25) is 4.68 Å². The zero-order valence-corrected chi connectivity index (χ0v) is 16.3. The van der Waals surface area contributed by atoms with Crippen molar-refractivity contribution in [3.63, 3.8) is 0 Å². The predicted octanol–water partition coefficient (Wildman–Crippen LogP) is 3.85. The Morgan fingerprint density at radius 2 is 1.73 bits per heavy atom. The Hall–Kier alpha value is -2.11. The average molecular weight is 348 g/mol. The molecule has 0 spiro atoms. The van der Waals surface area contributed by atoms with Crippen LogP contribution < -0.4 is 5.46 Å². The molecule has 134 valence electrons. The van der Waals surface area contributed by atoms with Crippen LogP contribution in [0.1, 0.15) is 33.3 Å². The van der Waals surface area contributed by atoms with Gasteiger partial charge >= 0.3 is 7.12 Å². The Morgan fingerprint density at radius 3 is 2.35 bits per heavy atom. The van der Waals surface area contributed by atoms with E-state index in [1.165, 1.54) is 21.9 Å². The van der Waals surface area contributed by atoms with Crippen molar-refractivity contribution in [3.05, 3.63) is 48.3 Å². The Balaban J connectivity index is 1.82. The molecule has 0 N–H and O–H groups in total. The fourth-order valence-electron chi connectivity index (χ4n) is 3.50. The van der Waals surface area contributed by atoms with E-state index in [1.54, 1.807) is 0 Å². The summed E-state index contributed by atoms with van der Waals surface area (Å²) >= 11 is 0. The molecule has 1 aromatic heterocycles. The highest BCUT2D eigenvalue weighted by Gasteiger charge is 2.52. The van der Waals surface area contributed by atoms with Gasteiger partial charge in [0.25, 0.3) is 0 Å². The quantitative estimate of drug-likeness (QED) is 0.660. The number of fused-ring (bicyclic) bond motifs is 1. The van der Waals surface area contributed by atoms with E-state index in [0.29, 0.717) is 0 Å². The van der Waals surface area contributed by atoms with E-state index in [4.69, 9.17) is 9.31 Å². The molecular formula is C21H25BN2O2. The molecule has 3 aromatic rings. The number of aromatic nitrogens is 2. The van der Waals surface area contributed by atoms with Crippen LogP contribution in [0.2, 0.25) is 0 Å². The highest BCUT2D eigenvalue weighted by Crippen LogP contribution is 2.37. The van der Waals surface area contributed by atoms with Crippen molar-refractivity contribution in [1.29, 1.82) is 0 Å². The lowest BCUT2D eigenvalue weighted by Gasteiger charge is -2.32. The van der Waals surface area contributed by atoms with Crippen molar-refractivity contribution < 1.29 is 9.31 Å². The van der Waals surface area contributed by atoms with Gasteiger partial charge in [0.15, 0.2) is 0 Å². The van der Waals surface area contributed by atoms with Gasteiger partial charge in [0.2, 0.25) is 0 Å². The molecule has 1 fully saturated rings. The molecule has 0 bridgehead atoms. The SMILES string of the molecule is Cc1cc2c(B3OC(C)(C)C(C)(C)O3)cccc2cc1-c1cnn(C)c1. The summed E-state index contributed by atoms with van der Waals surface area (Å²) in [6, 6.07) is 10.8. The first kappa shape index (κ1) is 17.3. The van der Waals surface area contributed by atoms with Crippen LogP contribution in [0, 0.1) is 6.92 Å². The summed E-state index contributed by atoms with van der Waals surface area (Å²) in [5.74, 6) is 0. The topological polar surface area (TPSA) is 36.3 Å². The molecule has 0 radical (unpaired) electrons. The van der Waals surface area contributed by atoms with E-state index in [0.717, 1.165) is 11.0 Å². The summed E-state index contributed by atoms with van der Waals surface area (Å²) in [5.41, 5.74) is 3.95. The van der Waals surface area contributed by atoms with Crippen LogP contribution in [0.5, 0.6) is 0 Å². The first-order valence-corrected chi connectivity index (χ1v) is 9.06. The van der Waals surface area contributed by atoms with Crippen LogP contribution in [-0.4, -0.2) is 28.1 Å². The molecule has 1 aliphatic rings. The van der Waals surface area contributed by atoms with E-state index in [1.807, 2.05) is 24.1 Å². The smallest absolute Gasteiger partial charge is 0.399 e. The number of benzene rings is 2. The summed E-state index contributed by atoms with van der Waals surface area (Å²) < 4.78 is 14.4. The number of rotatable bonds is 2. The Labute approximate surface area is 155 Å². The van der Waals surface area contributed by atoms with Gasteiger partial charge in [-0.1, -0.05) is 24.3 Å². The van der Waals surface area contributed by atoms with Gasteiger partial charge in [0.1, 0.15) is 0 Å². The summed E-state index contributed by atoms with van der Waals surface area (Å²) in [6.45, 7) is 10.5. The van der Waals surface area contributed by atoms with Gasteiger partial charge < -0.3 is 9.31 Å². The van der Waals surface area contributed by atoms with Crippen LogP contribution in [0.15, 0.2) is 42.7 Å². The molecule has 4 nitrogen and oxygen atoms in total. The van der Waals surface area contributed by atoms with Crippen molar-refractivity contribution in [2.24, 2.45) is 7.05 Å². The lowest BCUT2D eigenvalue weighted by atomic mass is 9.75. The first-order valence-electron chi connectivity index (χ1n) is 9.06. The number of aryl methyl sites for hydroxylation is 2. The van der Waals surface area contributed by atoms with E-state index < -0.39 is 0 Å². The summed E-state index contributed by atoms with van der Waals surface area (Å²) in [6.07, 6.45) is 3.96. The molecule has 2 heterocycles. The maximum atomic E-state index is 6.28. The fraction of sp³-hybridized carbons (Fsp3) is 0.381. The van der Waals surface area contributed by atoms with E-state index in [9.17, 15) is 0 Å². The van der Waals surface area contributed by atoms with Crippen LogP contribution in [0.25, 0.3) is 21.9 Å². The Kier molecular flexibility index (Phi) is 3.79. The molecule has 1 aliphatic heterocycles. The van der Waals surface area contributed by atoms with Crippen LogP contribution in [0.3, 0.4) is 0 Å². The van der Waals surface area contributed by atoms with E-state index in [-0.39, 0.29) is 18.3 Å². The number of nitrogens with zero attached hydrogens (tertiary/aromatic N) is 2. The Morgan fingerprint density at radius 1 is 1.04 bits per heavy atom. The molecule has 26 heavy (non-hydrogen) atoms. The van der Waals surface area contributed by atoms with Crippen LogP contribution >= 0.6 is 0 Å². The fourth-order valence-corrected chi connectivity index (χ4v) is 3.50. The standard InChI is InChI=1S/C21H25BN2O2/c1-14-10-18-15(11-17(14)16-12-23-24(6)13-16)8-7-9-19(18)22-25-20(2,3)21(4,5)26-22/h7-13H,1-6H3. The van der Waals surface area contributed by atoms with Crippen LogP contribution in [-0.2, 0) is 16.4 Å². The second kappa shape index (κ2) is 5.70. The molecule has 0 saturated carbocycles. The van der Waals surface area contributed by atoms with Crippen molar-refractivity contribution in [2.75, 3.05) is 0 Å². The Bertz CT molecular complexity index is 975. The lowest BCUT2D eigenvalue weighted by Crippen LogP contribution is -2.41. The maximum Gasteiger partial charge on any atom is 0.495 e. The zero-order chi connectivity index (χ0) is 18.7. The zero-order valence-electron chi connectivity index (χ0n) is 16.3. The predicted molar refractivity (Wildman–Crippen MR) is 107 cm³/mol. The van der Waals surface area contributed by atoms with Crippen molar-refractivity contribution in [2.45, 2.75) is 45.8 Å². The van der Waals surface area contributed by atoms with Gasteiger partial charge in [-0.05, 0) is 68.0 Å². The minimum atomic E-state index is -0.354. The average Bonchev–Trinajstić information content (AvgIpc) is 3.07.